The van der Waals surface area contributed by atoms with Gasteiger partial charge in [-0.1, -0.05) is 22.9 Å². The third kappa shape index (κ3) is 2.18. The van der Waals surface area contributed by atoms with Crippen LogP contribution in [0.1, 0.15) is 24.6 Å². The monoisotopic (exact) mass is 322 g/mol. The number of hydrogen-bond acceptors (Lipinski definition) is 1. The number of halogens is 2. The second-order valence-corrected chi connectivity index (χ2v) is 7.17. The molecule has 72 valence electrons. The second kappa shape index (κ2) is 3.67. The van der Waals surface area contributed by atoms with E-state index in [0.29, 0.717) is 10.2 Å². The van der Waals surface area contributed by atoms with Gasteiger partial charge in [-0.2, -0.15) is 0 Å². The van der Waals surface area contributed by atoms with Gasteiger partial charge in [0, 0.05) is 19.6 Å². The van der Waals surface area contributed by atoms with E-state index < -0.39 is 0 Å². The highest BCUT2D eigenvalue weighted by Crippen LogP contribution is 2.54. The van der Waals surface area contributed by atoms with Crippen LogP contribution in [0, 0.1) is 5.41 Å². The van der Waals surface area contributed by atoms with E-state index in [0.717, 1.165) is 0 Å². The molecule has 1 aromatic heterocycles. The number of thiophene rings is 1. The summed E-state index contributed by atoms with van der Waals surface area (Å²) in [5, 5.41) is 2.17. The van der Waals surface area contributed by atoms with E-state index in [1.54, 1.807) is 0 Å². The van der Waals surface area contributed by atoms with Gasteiger partial charge in [0.05, 0.1) is 0 Å². The zero-order chi connectivity index (χ0) is 9.47. The van der Waals surface area contributed by atoms with Crippen LogP contribution >= 0.6 is 43.2 Å². The molecule has 1 unspecified atom stereocenters. The predicted octanol–water partition coefficient (Wildman–Crippen LogP) is 4.62. The van der Waals surface area contributed by atoms with Crippen LogP contribution in [0.3, 0.4) is 0 Å². The Bertz CT molecular complexity index is 300. The molecule has 2 rings (SSSR count). The van der Waals surface area contributed by atoms with Crippen LogP contribution in [0.25, 0.3) is 0 Å². The first-order valence-corrected chi connectivity index (χ1v) is 7.08. The molecule has 1 fully saturated rings. The average molecular weight is 324 g/mol. The Morgan fingerprint density at radius 2 is 2.31 bits per heavy atom. The lowest BCUT2D eigenvalue weighted by Crippen LogP contribution is -2.14. The molecule has 0 nitrogen and oxygen atoms in total. The van der Waals surface area contributed by atoms with Gasteiger partial charge in [-0.3, -0.25) is 0 Å². The van der Waals surface area contributed by atoms with Gasteiger partial charge in [0.2, 0.25) is 0 Å². The topological polar surface area (TPSA) is 0 Å². The first kappa shape index (κ1) is 10.2. The molecule has 1 aliphatic rings. The van der Waals surface area contributed by atoms with Gasteiger partial charge < -0.3 is 0 Å². The van der Waals surface area contributed by atoms with E-state index >= 15 is 0 Å². The largest absolute Gasteiger partial charge is 0.148 e. The van der Waals surface area contributed by atoms with E-state index in [-0.39, 0.29) is 0 Å². The van der Waals surface area contributed by atoms with E-state index in [2.05, 4.69) is 50.2 Å². The quantitative estimate of drug-likeness (QED) is 0.712. The van der Waals surface area contributed by atoms with Crippen molar-refractivity contribution in [2.75, 3.05) is 0 Å². The molecule has 0 aromatic carbocycles. The Morgan fingerprint density at radius 3 is 2.69 bits per heavy atom. The minimum absolute atomic E-state index is 0.574. The van der Waals surface area contributed by atoms with Crippen molar-refractivity contribution in [3.63, 3.8) is 0 Å². The first-order chi connectivity index (χ1) is 6.12. The van der Waals surface area contributed by atoms with Gasteiger partial charge in [0.25, 0.3) is 0 Å². The summed E-state index contributed by atoms with van der Waals surface area (Å²) in [6, 6.07) is 2.25. The Labute approximate surface area is 100.0 Å². The molecule has 1 saturated carbocycles. The molecule has 0 aliphatic heterocycles. The highest BCUT2D eigenvalue weighted by atomic mass is 79.9. The van der Waals surface area contributed by atoms with Gasteiger partial charge >= 0.3 is 0 Å². The fraction of sp³-hybridized carbons (Fsp3) is 0.600. The molecular weight excluding hydrogens is 312 g/mol. The van der Waals surface area contributed by atoms with Crippen molar-refractivity contribution in [1.82, 2.24) is 0 Å². The fourth-order valence-corrected chi connectivity index (χ4v) is 3.89. The average Bonchev–Trinajstić information content (AvgIpc) is 2.72. The third-order valence-electron chi connectivity index (χ3n) is 2.88. The minimum Gasteiger partial charge on any atom is -0.148 e. The van der Waals surface area contributed by atoms with Crippen LogP contribution in [0.2, 0.25) is 0 Å². The molecule has 0 radical (unpaired) electrons. The van der Waals surface area contributed by atoms with Gasteiger partial charge in [-0.05, 0) is 46.7 Å². The molecule has 13 heavy (non-hydrogen) atoms. The number of alkyl halides is 1. The normalized spacial score (nSPS) is 21.5. The third-order valence-corrected chi connectivity index (χ3v) is 5.55. The molecule has 0 bridgehead atoms. The first-order valence-electron chi connectivity index (χ1n) is 4.49. The second-order valence-electron chi connectivity index (χ2n) is 3.89. The van der Waals surface area contributed by atoms with Crippen molar-refractivity contribution in [1.29, 1.82) is 0 Å². The highest BCUT2D eigenvalue weighted by Gasteiger charge is 2.46. The molecule has 0 spiro atoms. The van der Waals surface area contributed by atoms with Crippen LogP contribution < -0.4 is 0 Å². The lowest BCUT2D eigenvalue weighted by atomic mass is 9.98. The lowest BCUT2D eigenvalue weighted by molar-refractivity contribution is 0.513. The molecule has 1 aliphatic carbocycles. The molecule has 0 saturated heterocycles. The summed E-state index contributed by atoms with van der Waals surface area (Å²) < 4.78 is 1.23. The van der Waals surface area contributed by atoms with E-state index in [1.165, 1.54) is 28.6 Å². The van der Waals surface area contributed by atoms with Crippen molar-refractivity contribution >= 4 is 43.2 Å². The Kier molecular flexibility index (Phi) is 2.87. The lowest BCUT2D eigenvalue weighted by Gasteiger charge is -2.16. The van der Waals surface area contributed by atoms with E-state index in [9.17, 15) is 0 Å². The zero-order valence-corrected chi connectivity index (χ0v) is 11.5. The predicted molar refractivity (Wildman–Crippen MR) is 65.8 cm³/mol. The van der Waals surface area contributed by atoms with Gasteiger partial charge in [-0.25, -0.2) is 0 Å². The van der Waals surface area contributed by atoms with Crippen LogP contribution in [-0.4, -0.2) is 4.83 Å². The van der Waals surface area contributed by atoms with Crippen molar-refractivity contribution in [3.8, 4) is 0 Å². The van der Waals surface area contributed by atoms with Gasteiger partial charge in [-0.15, -0.1) is 11.3 Å². The molecular formula is C10H12Br2S. The van der Waals surface area contributed by atoms with Gasteiger partial charge in [0.15, 0.2) is 0 Å². The van der Waals surface area contributed by atoms with Crippen LogP contribution in [0.15, 0.2) is 15.9 Å². The van der Waals surface area contributed by atoms with E-state index in [4.69, 9.17) is 0 Å². The summed E-state index contributed by atoms with van der Waals surface area (Å²) in [7, 11) is 0. The minimum atomic E-state index is 0.574. The SMILES string of the molecule is CC(Br)C1(Cc2cc(Br)cs2)CC1. The Balaban J connectivity index is 2.06. The van der Waals surface area contributed by atoms with Crippen LogP contribution in [0.4, 0.5) is 0 Å². The van der Waals surface area contributed by atoms with E-state index in [1.807, 2.05) is 11.3 Å². The van der Waals surface area contributed by atoms with Crippen molar-refractivity contribution in [2.24, 2.45) is 5.41 Å². The maximum Gasteiger partial charge on any atom is 0.0285 e. The Hall–Kier alpha value is 0.660. The summed E-state index contributed by atoms with van der Waals surface area (Å²) in [6.45, 7) is 2.27. The maximum atomic E-state index is 3.72. The molecule has 0 amide bonds. The van der Waals surface area contributed by atoms with Gasteiger partial charge in [0.1, 0.15) is 0 Å². The molecule has 1 atom stereocenters. The summed E-state index contributed by atoms with van der Waals surface area (Å²) >= 11 is 9.08. The summed E-state index contributed by atoms with van der Waals surface area (Å²) in [4.78, 5) is 2.16. The maximum absolute atomic E-state index is 3.72. The van der Waals surface area contributed by atoms with Crippen molar-refractivity contribution in [2.45, 2.75) is 31.0 Å². The van der Waals surface area contributed by atoms with Crippen molar-refractivity contribution < 1.29 is 0 Å². The zero-order valence-electron chi connectivity index (χ0n) is 7.52. The summed E-state index contributed by atoms with van der Waals surface area (Å²) in [6.07, 6.45) is 4.01. The molecule has 0 N–H and O–H groups in total. The molecule has 1 aromatic rings. The van der Waals surface area contributed by atoms with Crippen LogP contribution in [0.5, 0.6) is 0 Å². The van der Waals surface area contributed by atoms with Crippen LogP contribution in [-0.2, 0) is 6.42 Å². The standard InChI is InChI=1S/C10H12Br2S/c1-7(11)10(2-3-10)5-9-4-8(12)6-13-9/h4,6-7H,2-3,5H2,1H3. The summed E-state index contributed by atoms with van der Waals surface area (Å²) in [5.74, 6) is 0. The Morgan fingerprint density at radius 1 is 1.62 bits per heavy atom. The highest BCUT2D eigenvalue weighted by molar-refractivity contribution is 9.10. The van der Waals surface area contributed by atoms with Crippen molar-refractivity contribution in [3.05, 3.63) is 20.8 Å². The molecule has 1 heterocycles. The smallest absolute Gasteiger partial charge is 0.0285 e. The fourth-order valence-electron chi connectivity index (χ4n) is 1.67. The number of hydrogen-bond donors (Lipinski definition) is 0. The summed E-state index contributed by atoms with van der Waals surface area (Å²) in [5.41, 5.74) is 0.574. The number of rotatable bonds is 3. The molecule has 3 heteroatoms.